The molecule has 72 valence electrons. The molecule has 1 aromatic heterocycles. The minimum absolute atomic E-state index is 0.170. The summed E-state index contributed by atoms with van der Waals surface area (Å²) >= 11 is 3.45. The van der Waals surface area contributed by atoms with Gasteiger partial charge in [-0.2, -0.15) is 0 Å². The molecule has 0 radical (unpaired) electrons. The molecule has 1 heterocycles. The zero-order valence-electron chi connectivity index (χ0n) is 7.80. The van der Waals surface area contributed by atoms with Crippen molar-refractivity contribution >= 4 is 32.6 Å². The van der Waals surface area contributed by atoms with Crippen LogP contribution in [0.2, 0.25) is 0 Å². The standard InChI is InChI=1S/C11H10BrNO/c1-2-10(14)7-6-13-9-5-3-4-8(12)11(7)9/h3-6,13H,2H2,1H3. The van der Waals surface area contributed by atoms with Gasteiger partial charge in [-0.15, -0.1) is 0 Å². The van der Waals surface area contributed by atoms with Crippen molar-refractivity contribution in [1.82, 2.24) is 4.98 Å². The molecule has 2 rings (SSSR count). The van der Waals surface area contributed by atoms with Crippen molar-refractivity contribution in [1.29, 1.82) is 0 Å². The van der Waals surface area contributed by atoms with E-state index in [-0.39, 0.29) is 5.78 Å². The van der Waals surface area contributed by atoms with E-state index in [1.807, 2.05) is 25.1 Å². The Balaban J connectivity index is 2.73. The highest BCUT2D eigenvalue weighted by Gasteiger charge is 2.11. The van der Waals surface area contributed by atoms with Crippen LogP contribution in [0.4, 0.5) is 0 Å². The van der Waals surface area contributed by atoms with Crippen LogP contribution >= 0.6 is 15.9 Å². The minimum atomic E-state index is 0.170. The number of H-pyrrole nitrogens is 1. The fourth-order valence-corrected chi connectivity index (χ4v) is 2.13. The zero-order chi connectivity index (χ0) is 10.1. The molecule has 0 spiro atoms. The van der Waals surface area contributed by atoms with E-state index in [4.69, 9.17) is 0 Å². The fourth-order valence-electron chi connectivity index (χ4n) is 1.55. The summed E-state index contributed by atoms with van der Waals surface area (Å²) in [6.45, 7) is 1.87. The lowest BCUT2D eigenvalue weighted by Crippen LogP contribution is -1.94. The molecular formula is C11H10BrNO. The molecular weight excluding hydrogens is 242 g/mol. The second-order valence-corrected chi connectivity index (χ2v) is 4.00. The van der Waals surface area contributed by atoms with E-state index >= 15 is 0 Å². The number of fused-ring (bicyclic) bond motifs is 1. The van der Waals surface area contributed by atoms with Gasteiger partial charge in [-0.25, -0.2) is 0 Å². The monoisotopic (exact) mass is 251 g/mol. The number of carbonyl (C=O) groups is 1. The van der Waals surface area contributed by atoms with Gasteiger partial charge in [0.2, 0.25) is 0 Å². The van der Waals surface area contributed by atoms with E-state index in [1.165, 1.54) is 0 Å². The number of hydrogen-bond acceptors (Lipinski definition) is 1. The molecule has 14 heavy (non-hydrogen) atoms. The number of nitrogens with one attached hydrogen (secondary N) is 1. The van der Waals surface area contributed by atoms with Crippen LogP contribution < -0.4 is 0 Å². The lowest BCUT2D eigenvalue weighted by atomic mass is 10.1. The molecule has 0 unspecified atom stereocenters. The summed E-state index contributed by atoms with van der Waals surface area (Å²) in [6, 6.07) is 5.86. The van der Waals surface area contributed by atoms with Crippen LogP contribution in [0.3, 0.4) is 0 Å². The lowest BCUT2D eigenvalue weighted by Gasteiger charge is -1.97. The Bertz CT molecular complexity index is 487. The van der Waals surface area contributed by atoms with Crippen molar-refractivity contribution in [2.24, 2.45) is 0 Å². The van der Waals surface area contributed by atoms with Crippen molar-refractivity contribution in [3.63, 3.8) is 0 Å². The van der Waals surface area contributed by atoms with Crippen molar-refractivity contribution in [2.75, 3.05) is 0 Å². The van der Waals surface area contributed by atoms with Crippen LogP contribution in [0.25, 0.3) is 10.9 Å². The maximum absolute atomic E-state index is 11.6. The normalized spacial score (nSPS) is 10.7. The molecule has 0 aliphatic carbocycles. The van der Waals surface area contributed by atoms with Crippen LogP contribution in [0.15, 0.2) is 28.9 Å². The topological polar surface area (TPSA) is 32.9 Å². The van der Waals surface area contributed by atoms with Crippen molar-refractivity contribution in [3.8, 4) is 0 Å². The van der Waals surface area contributed by atoms with Gasteiger partial charge in [-0.3, -0.25) is 4.79 Å². The quantitative estimate of drug-likeness (QED) is 0.815. The van der Waals surface area contributed by atoms with Crippen LogP contribution in [-0.2, 0) is 0 Å². The third kappa shape index (κ3) is 1.38. The van der Waals surface area contributed by atoms with Crippen molar-refractivity contribution in [3.05, 3.63) is 34.4 Å². The number of rotatable bonds is 2. The van der Waals surface area contributed by atoms with Crippen LogP contribution in [0.1, 0.15) is 23.7 Å². The first kappa shape index (κ1) is 9.46. The van der Waals surface area contributed by atoms with Gasteiger partial charge in [-0.05, 0) is 12.1 Å². The van der Waals surface area contributed by atoms with Gasteiger partial charge in [0, 0.05) is 33.6 Å². The summed E-state index contributed by atoms with van der Waals surface area (Å²) in [5.74, 6) is 0.170. The third-order valence-electron chi connectivity index (χ3n) is 2.28. The Morgan fingerprint density at radius 1 is 1.50 bits per heavy atom. The average molecular weight is 252 g/mol. The number of benzene rings is 1. The number of aromatic nitrogens is 1. The number of aromatic amines is 1. The third-order valence-corrected chi connectivity index (χ3v) is 2.94. The van der Waals surface area contributed by atoms with E-state index < -0.39 is 0 Å². The molecule has 0 amide bonds. The summed E-state index contributed by atoms with van der Waals surface area (Å²) in [5, 5.41) is 0.986. The summed E-state index contributed by atoms with van der Waals surface area (Å²) in [4.78, 5) is 14.7. The van der Waals surface area contributed by atoms with Gasteiger partial charge in [0.25, 0.3) is 0 Å². The summed E-state index contributed by atoms with van der Waals surface area (Å²) in [6.07, 6.45) is 2.32. The Morgan fingerprint density at radius 2 is 2.29 bits per heavy atom. The summed E-state index contributed by atoms with van der Waals surface area (Å²) in [7, 11) is 0. The minimum Gasteiger partial charge on any atom is -0.360 e. The Kier molecular flexibility index (Phi) is 2.42. The molecule has 0 aliphatic rings. The number of halogens is 1. The van der Waals surface area contributed by atoms with Gasteiger partial charge >= 0.3 is 0 Å². The largest absolute Gasteiger partial charge is 0.360 e. The molecule has 0 fully saturated rings. The van der Waals surface area contributed by atoms with Crippen LogP contribution in [0.5, 0.6) is 0 Å². The average Bonchev–Trinajstić information content (AvgIpc) is 2.62. The van der Waals surface area contributed by atoms with Crippen molar-refractivity contribution < 1.29 is 4.79 Å². The van der Waals surface area contributed by atoms with Gasteiger partial charge in [-0.1, -0.05) is 28.9 Å². The predicted octanol–water partition coefficient (Wildman–Crippen LogP) is 3.52. The molecule has 1 N–H and O–H groups in total. The molecule has 3 heteroatoms. The lowest BCUT2D eigenvalue weighted by molar-refractivity contribution is 0.0990. The molecule has 2 aromatic rings. The predicted molar refractivity (Wildman–Crippen MR) is 60.6 cm³/mol. The summed E-state index contributed by atoms with van der Waals surface area (Å²) < 4.78 is 0.966. The number of Topliss-reactive ketones (excluding diaryl/α,β-unsaturated/α-hetero) is 1. The van der Waals surface area contributed by atoms with Gasteiger partial charge in [0.1, 0.15) is 0 Å². The van der Waals surface area contributed by atoms with E-state index in [2.05, 4.69) is 20.9 Å². The number of ketones is 1. The molecule has 0 saturated heterocycles. The number of carbonyl (C=O) groups excluding carboxylic acids is 1. The van der Waals surface area contributed by atoms with Crippen molar-refractivity contribution in [2.45, 2.75) is 13.3 Å². The number of hydrogen-bond donors (Lipinski definition) is 1. The van der Waals surface area contributed by atoms with E-state index in [1.54, 1.807) is 6.20 Å². The second kappa shape index (κ2) is 3.58. The second-order valence-electron chi connectivity index (χ2n) is 3.14. The van der Waals surface area contributed by atoms with Gasteiger partial charge in [0.05, 0.1) is 0 Å². The first-order valence-electron chi connectivity index (χ1n) is 4.53. The highest BCUT2D eigenvalue weighted by Crippen LogP contribution is 2.27. The first-order chi connectivity index (χ1) is 6.74. The van der Waals surface area contributed by atoms with Gasteiger partial charge < -0.3 is 4.98 Å². The maximum atomic E-state index is 11.6. The molecule has 2 nitrogen and oxygen atoms in total. The van der Waals surface area contributed by atoms with Crippen LogP contribution in [0, 0.1) is 0 Å². The smallest absolute Gasteiger partial charge is 0.164 e. The van der Waals surface area contributed by atoms with E-state index in [0.717, 1.165) is 20.9 Å². The van der Waals surface area contributed by atoms with E-state index in [9.17, 15) is 4.79 Å². The highest BCUT2D eigenvalue weighted by molar-refractivity contribution is 9.10. The fraction of sp³-hybridized carbons (Fsp3) is 0.182. The zero-order valence-corrected chi connectivity index (χ0v) is 9.39. The Labute approximate surface area is 90.4 Å². The van der Waals surface area contributed by atoms with Gasteiger partial charge in [0.15, 0.2) is 5.78 Å². The SMILES string of the molecule is CCC(=O)c1c[nH]c2cccc(Br)c12. The first-order valence-corrected chi connectivity index (χ1v) is 5.32. The summed E-state index contributed by atoms with van der Waals surface area (Å²) in [5.41, 5.74) is 1.77. The Morgan fingerprint density at radius 3 is 3.00 bits per heavy atom. The molecule has 0 bridgehead atoms. The molecule has 0 aliphatic heterocycles. The molecule has 0 atom stereocenters. The van der Waals surface area contributed by atoms with Crippen LogP contribution in [-0.4, -0.2) is 10.8 Å². The maximum Gasteiger partial charge on any atom is 0.164 e. The molecule has 0 saturated carbocycles. The Hall–Kier alpha value is -1.09. The highest BCUT2D eigenvalue weighted by atomic mass is 79.9. The molecule has 1 aromatic carbocycles. The van der Waals surface area contributed by atoms with E-state index in [0.29, 0.717) is 6.42 Å².